The molecule has 7 nitrogen and oxygen atoms in total. The van der Waals surface area contributed by atoms with Gasteiger partial charge in [-0.2, -0.15) is 0 Å². The number of hydrogen-bond acceptors (Lipinski definition) is 6. The van der Waals surface area contributed by atoms with Gasteiger partial charge in [-0.05, 0) is 33.0 Å². The highest BCUT2D eigenvalue weighted by atomic mass is 16.6. The van der Waals surface area contributed by atoms with E-state index in [1.54, 1.807) is 19.2 Å². The van der Waals surface area contributed by atoms with Crippen LogP contribution in [0.2, 0.25) is 0 Å². The number of ether oxygens (including phenoxy) is 1. The van der Waals surface area contributed by atoms with Crippen molar-refractivity contribution in [1.29, 1.82) is 0 Å². The monoisotopic (exact) mass is 340 g/mol. The van der Waals surface area contributed by atoms with E-state index in [1.807, 2.05) is 38.1 Å². The van der Waals surface area contributed by atoms with Crippen molar-refractivity contribution in [1.82, 2.24) is 5.32 Å². The van der Waals surface area contributed by atoms with E-state index in [-0.39, 0.29) is 5.69 Å². The first-order chi connectivity index (χ1) is 12.0. The second kappa shape index (κ2) is 6.52. The zero-order chi connectivity index (χ0) is 18.0. The van der Waals surface area contributed by atoms with Crippen LogP contribution in [0.25, 0.3) is 0 Å². The van der Waals surface area contributed by atoms with Crippen LogP contribution in [0.3, 0.4) is 0 Å². The molecule has 0 bridgehead atoms. The van der Waals surface area contributed by atoms with Crippen LogP contribution in [0.1, 0.15) is 25.0 Å². The van der Waals surface area contributed by atoms with E-state index in [2.05, 4.69) is 10.6 Å². The number of fused-ring (bicyclic) bond motifs is 1. The van der Waals surface area contributed by atoms with Gasteiger partial charge in [-0.15, -0.1) is 0 Å². The van der Waals surface area contributed by atoms with Crippen LogP contribution in [-0.4, -0.2) is 24.4 Å². The second-order valence-electron chi connectivity index (χ2n) is 5.70. The molecule has 130 valence electrons. The van der Waals surface area contributed by atoms with E-state index in [4.69, 9.17) is 9.73 Å². The Morgan fingerprint density at radius 3 is 2.72 bits per heavy atom. The zero-order valence-corrected chi connectivity index (χ0v) is 14.4. The number of non-ortho nitro benzene ring substituents is 1. The molecule has 7 heteroatoms. The average Bonchev–Trinajstić information content (AvgIpc) is 2.61. The Bertz CT molecular complexity index is 850. The van der Waals surface area contributed by atoms with Gasteiger partial charge in [0.1, 0.15) is 11.6 Å². The Balaban J connectivity index is 2.30. The predicted molar refractivity (Wildman–Crippen MR) is 97.3 cm³/mol. The molecular weight excluding hydrogens is 320 g/mol. The summed E-state index contributed by atoms with van der Waals surface area (Å²) in [6.07, 6.45) is 0. The fraction of sp³-hybridized carbons (Fsp3) is 0.278. The molecule has 1 heterocycles. The van der Waals surface area contributed by atoms with Gasteiger partial charge in [0.05, 0.1) is 11.5 Å². The molecule has 0 fully saturated rings. The topological polar surface area (TPSA) is 88.8 Å². The van der Waals surface area contributed by atoms with Gasteiger partial charge in [0.2, 0.25) is 0 Å². The quantitative estimate of drug-likeness (QED) is 0.644. The molecule has 0 amide bonds. The standard InChI is InChI=1S/C18H20N4O3/c1-4-25-17-8-6-5-7-14(17)18(19-3)15-11-13(22(23)24)9-10-16(15)20-12(2)21-18/h5-11,19H,4H2,1-3H3,(H,20,21). The summed E-state index contributed by atoms with van der Waals surface area (Å²) in [5, 5.41) is 17.7. The summed E-state index contributed by atoms with van der Waals surface area (Å²) >= 11 is 0. The molecule has 2 N–H and O–H groups in total. The van der Waals surface area contributed by atoms with Crippen LogP contribution in [0.15, 0.2) is 47.5 Å². The van der Waals surface area contributed by atoms with Gasteiger partial charge in [-0.1, -0.05) is 18.2 Å². The lowest BCUT2D eigenvalue weighted by molar-refractivity contribution is -0.384. The van der Waals surface area contributed by atoms with Crippen molar-refractivity contribution < 1.29 is 9.66 Å². The van der Waals surface area contributed by atoms with Gasteiger partial charge >= 0.3 is 0 Å². The van der Waals surface area contributed by atoms with Crippen LogP contribution < -0.4 is 15.4 Å². The lowest BCUT2D eigenvalue weighted by atomic mass is 9.88. The third-order valence-corrected chi connectivity index (χ3v) is 4.19. The minimum absolute atomic E-state index is 0.0174. The zero-order valence-electron chi connectivity index (χ0n) is 14.4. The highest BCUT2D eigenvalue weighted by molar-refractivity contribution is 5.97. The molecule has 0 saturated heterocycles. The van der Waals surface area contributed by atoms with Crippen LogP contribution in [-0.2, 0) is 5.66 Å². The van der Waals surface area contributed by atoms with Gasteiger partial charge < -0.3 is 10.1 Å². The number of aliphatic imine (C=N–C) groups is 1. The molecule has 0 radical (unpaired) electrons. The van der Waals surface area contributed by atoms with Gasteiger partial charge in [0, 0.05) is 28.9 Å². The summed E-state index contributed by atoms with van der Waals surface area (Å²) in [4.78, 5) is 15.6. The van der Waals surface area contributed by atoms with E-state index < -0.39 is 10.6 Å². The van der Waals surface area contributed by atoms with Crippen molar-refractivity contribution in [3.05, 3.63) is 63.7 Å². The van der Waals surface area contributed by atoms with Crippen molar-refractivity contribution in [3.8, 4) is 5.75 Å². The molecule has 1 aliphatic rings. The Hall–Kier alpha value is -2.93. The van der Waals surface area contributed by atoms with E-state index >= 15 is 0 Å². The van der Waals surface area contributed by atoms with Crippen LogP contribution in [0.5, 0.6) is 5.75 Å². The highest BCUT2D eigenvalue weighted by Crippen LogP contribution is 2.43. The molecule has 1 atom stereocenters. The normalized spacial score (nSPS) is 18.8. The second-order valence-corrected chi connectivity index (χ2v) is 5.70. The van der Waals surface area contributed by atoms with Crippen LogP contribution >= 0.6 is 0 Å². The first kappa shape index (κ1) is 16.9. The fourth-order valence-corrected chi connectivity index (χ4v) is 3.17. The highest BCUT2D eigenvalue weighted by Gasteiger charge is 2.40. The summed E-state index contributed by atoms with van der Waals surface area (Å²) < 4.78 is 5.78. The smallest absolute Gasteiger partial charge is 0.270 e. The summed E-state index contributed by atoms with van der Waals surface area (Å²) in [5.74, 6) is 1.40. The molecule has 1 unspecified atom stereocenters. The van der Waals surface area contributed by atoms with E-state index in [0.717, 1.165) is 11.3 Å². The molecule has 2 aromatic rings. The number of amidine groups is 1. The van der Waals surface area contributed by atoms with Gasteiger partial charge in [0.25, 0.3) is 5.69 Å². The number of nitro benzene ring substituents is 1. The maximum absolute atomic E-state index is 11.3. The molecule has 0 spiro atoms. The number of nitrogens with one attached hydrogen (secondary N) is 2. The lowest BCUT2D eigenvalue weighted by Gasteiger charge is -2.37. The van der Waals surface area contributed by atoms with Crippen LogP contribution in [0, 0.1) is 10.1 Å². The number of para-hydroxylation sites is 1. The molecule has 0 aromatic heterocycles. The summed E-state index contributed by atoms with van der Waals surface area (Å²) in [7, 11) is 1.79. The molecule has 2 aromatic carbocycles. The van der Waals surface area contributed by atoms with Crippen molar-refractivity contribution in [2.45, 2.75) is 19.5 Å². The average molecular weight is 340 g/mol. The maximum Gasteiger partial charge on any atom is 0.270 e. The molecular formula is C18H20N4O3. The fourth-order valence-electron chi connectivity index (χ4n) is 3.17. The predicted octanol–water partition coefficient (Wildman–Crippen LogP) is 3.26. The molecule has 0 saturated carbocycles. The summed E-state index contributed by atoms with van der Waals surface area (Å²) in [5.41, 5.74) is 1.31. The van der Waals surface area contributed by atoms with Crippen molar-refractivity contribution in [2.75, 3.05) is 19.0 Å². The number of nitro groups is 1. The SMILES string of the molecule is CCOc1ccccc1C1(NC)N=C(C)Nc2ccc([N+](=O)[O-])cc21. The Kier molecular flexibility index (Phi) is 4.41. The van der Waals surface area contributed by atoms with Gasteiger partial charge in [-0.3, -0.25) is 15.4 Å². The van der Waals surface area contributed by atoms with Crippen LogP contribution in [0.4, 0.5) is 11.4 Å². The molecule has 25 heavy (non-hydrogen) atoms. The van der Waals surface area contributed by atoms with Gasteiger partial charge in [0.15, 0.2) is 5.66 Å². The Morgan fingerprint density at radius 2 is 2.04 bits per heavy atom. The van der Waals surface area contributed by atoms with Crippen molar-refractivity contribution in [3.63, 3.8) is 0 Å². The number of nitrogens with zero attached hydrogens (tertiary/aromatic N) is 2. The first-order valence-corrected chi connectivity index (χ1v) is 8.05. The third kappa shape index (κ3) is 2.83. The van der Waals surface area contributed by atoms with E-state index in [9.17, 15) is 10.1 Å². The third-order valence-electron chi connectivity index (χ3n) is 4.19. The van der Waals surface area contributed by atoms with Gasteiger partial charge in [-0.25, -0.2) is 4.99 Å². The molecule has 1 aliphatic heterocycles. The number of anilines is 1. The number of rotatable bonds is 5. The lowest BCUT2D eigenvalue weighted by Crippen LogP contribution is -2.44. The number of hydrogen-bond donors (Lipinski definition) is 2. The summed E-state index contributed by atoms with van der Waals surface area (Å²) in [6.45, 7) is 4.29. The minimum atomic E-state index is -0.970. The van der Waals surface area contributed by atoms with E-state index in [1.165, 1.54) is 6.07 Å². The molecule has 3 rings (SSSR count). The Labute approximate surface area is 145 Å². The minimum Gasteiger partial charge on any atom is -0.493 e. The number of benzene rings is 2. The summed E-state index contributed by atoms with van der Waals surface area (Å²) in [6, 6.07) is 12.3. The van der Waals surface area contributed by atoms with Crippen molar-refractivity contribution in [2.24, 2.45) is 4.99 Å². The first-order valence-electron chi connectivity index (χ1n) is 8.05. The van der Waals surface area contributed by atoms with Crippen molar-refractivity contribution >= 4 is 17.2 Å². The molecule has 0 aliphatic carbocycles. The Morgan fingerprint density at radius 1 is 1.28 bits per heavy atom. The van der Waals surface area contributed by atoms with E-state index in [0.29, 0.717) is 23.8 Å². The largest absolute Gasteiger partial charge is 0.493 e. The maximum atomic E-state index is 11.3.